The zero-order valence-electron chi connectivity index (χ0n) is 18.1. The number of hydrogen-bond acceptors (Lipinski definition) is 6. The highest BCUT2D eigenvalue weighted by molar-refractivity contribution is 5.94. The lowest BCUT2D eigenvalue weighted by Crippen LogP contribution is -2.36. The summed E-state index contributed by atoms with van der Waals surface area (Å²) in [7, 11) is 0. The van der Waals surface area contributed by atoms with Gasteiger partial charge in [-0.25, -0.2) is 9.97 Å². The number of fused-ring (bicyclic) bond motifs is 1. The second-order valence-electron chi connectivity index (χ2n) is 8.09. The minimum atomic E-state index is -0.0346. The monoisotopic (exact) mass is 440 g/mol. The Bertz CT molecular complexity index is 1250. The number of nitrogens with zero attached hydrogens (tertiary/aromatic N) is 4. The molecule has 5 rings (SSSR count). The molecule has 33 heavy (non-hydrogen) atoms. The van der Waals surface area contributed by atoms with Gasteiger partial charge in [0, 0.05) is 48.5 Å². The number of aromatic nitrogens is 3. The molecular formula is C26H24N4O3. The van der Waals surface area contributed by atoms with E-state index in [0.717, 1.165) is 17.3 Å². The smallest absolute Gasteiger partial charge is 0.321 e. The summed E-state index contributed by atoms with van der Waals surface area (Å²) in [5, 5.41) is 1.12. The van der Waals surface area contributed by atoms with Gasteiger partial charge in [-0.15, -0.1) is 0 Å². The molecule has 7 heteroatoms. The molecule has 166 valence electrons. The summed E-state index contributed by atoms with van der Waals surface area (Å²) in [4.78, 5) is 27.7. The van der Waals surface area contributed by atoms with Gasteiger partial charge in [-0.3, -0.25) is 9.78 Å². The van der Waals surface area contributed by atoms with E-state index >= 15 is 0 Å². The number of ether oxygens (including phenoxy) is 2. The Kier molecular flexibility index (Phi) is 6.21. The summed E-state index contributed by atoms with van der Waals surface area (Å²) in [6.07, 6.45) is 5.86. The van der Waals surface area contributed by atoms with Crippen LogP contribution in [0.5, 0.6) is 11.8 Å². The van der Waals surface area contributed by atoms with Gasteiger partial charge in [-0.05, 0) is 54.4 Å². The molecule has 1 saturated heterocycles. The highest BCUT2D eigenvalue weighted by Crippen LogP contribution is 2.22. The number of pyridine rings is 1. The SMILES string of the molecule is O=C(c1cccc(Oc2ncccn2)c1)N1CCOC[C@@H](Cc2ccc3ncccc3c2)C1. The number of rotatable bonds is 5. The van der Waals surface area contributed by atoms with Gasteiger partial charge in [0.15, 0.2) is 0 Å². The van der Waals surface area contributed by atoms with Crippen LogP contribution < -0.4 is 4.74 Å². The molecule has 3 heterocycles. The molecule has 0 aliphatic carbocycles. The van der Waals surface area contributed by atoms with Crippen molar-refractivity contribution >= 4 is 16.8 Å². The van der Waals surface area contributed by atoms with Crippen LogP contribution in [0.25, 0.3) is 10.9 Å². The number of benzene rings is 2. The largest absolute Gasteiger partial charge is 0.424 e. The molecule has 1 aliphatic heterocycles. The molecule has 0 N–H and O–H groups in total. The first-order valence-electron chi connectivity index (χ1n) is 11.0. The van der Waals surface area contributed by atoms with Crippen molar-refractivity contribution in [2.75, 3.05) is 26.3 Å². The van der Waals surface area contributed by atoms with E-state index in [9.17, 15) is 4.79 Å². The predicted octanol–water partition coefficient (Wildman–Crippen LogP) is 4.15. The van der Waals surface area contributed by atoms with Crippen molar-refractivity contribution in [3.05, 3.63) is 90.4 Å². The number of hydrogen-bond donors (Lipinski definition) is 0. The van der Waals surface area contributed by atoms with Crippen LogP contribution in [0.3, 0.4) is 0 Å². The second-order valence-corrected chi connectivity index (χ2v) is 8.09. The molecule has 1 fully saturated rings. The van der Waals surface area contributed by atoms with Crippen molar-refractivity contribution in [1.29, 1.82) is 0 Å². The van der Waals surface area contributed by atoms with Gasteiger partial charge in [0.05, 0.1) is 18.7 Å². The summed E-state index contributed by atoms with van der Waals surface area (Å²) in [5.74, 6) is 0.704. The van der Waals surface area contributed by atoms with Gasteiger partial charge >= 0.3 is 6.01 Å². The lowest BCUT2D eigenvalue weighted by molar-refractivity contribution is 0.0737. The van der Waals surface area contributed by atoms with Crippen molar-refractivity contribution < 1.29 is 14.3 Å². The topological polar surface area (TPSA) is 77.4 Å². The van der Waals surface area contributed by atoms with Crippen LogP contribution in [0.1, 0.15) is 15.9 Å². The van der Waals surface area contributed by atoms with Gasteiger partial charge in [-0.1, -0.05) is 18.2 Å². The Balaban J connectivity index is 1.29. The minimum Gasteiger partial charge on any atom is -0.424 e. The average Bonchev–Trinajstić information content (AvgIpc) is 3.10. The van der Waals surface area contributed by atoms with Crippen LogP contribution in [0.4, 0.5) is 0 Å². The lowest BCUT2D eigenvalue weighted by atomic mass is 9.98. The summed E-state index contributed by atoms with van der Waals surface area (Å²) in [6, 6.07) is 19.4. The van der Waals surface area contributed by atoms with Crippen LogP contribution in [0, 0.1) is 5.92 Å². The fourth-order valence-electron chi connectivity index (χ4n) is 4.09. The molecule has 7 nitrogen and oxygen atoms in total. The highest BCUT2D eigenvalue weighted by Gasteiger charge is 2.24. The molecule has 1 atom stereocenters. The zero-order chi connectivity index (χ0) is 22.5. The second kappa shape index (κ2) is 9.75. The van der Waals surface area contributed by atoms with Gasteiger partial charge in [0.25, 0.3) is 5.91 Å². The van der Waals surface area contributed by atoms with Gasteiger partial charge in [0.1, 0.15) is 5.75 Å². The van der Waals surface area contributed by atoms with Crippen LogP contribution in [0.15, 0.2) is 79.3 Å². The third kappa shape index (κ3) is 5.15. The summed E-state index contributed by atoms with van der Waals surface area (Å²) < 4.78 is 11.5. The van der Waals surface area contributed by atoms with E-state index in [1.165, 1.54) is 5.56 Å². The van der Waals surface area contributed by atoms with Crippen molar-refractivity contribution in [1.82, 2.24) is 19.9 Å². The Morgan fingerprint density at radius 1 is 1.00 bits per heavy atom. The Morgan fingerprint density at radius 2 is 1.88 bits per heavy atom. The number of carbonyl (C=O) groups is 1. The molecular weight excluding hydrogens is 416 g/mol. The van der Waals surface area contributed by atoms with Crippen molar-refractivity contribution in [2.45, 2.75) is 6.42 Å². The molecule has 2 aromatic heterocycles. The Morgan fingerprint density at radius 3 is 2.79 bits per heavy atom. The van der Waals surface area contributed by atoms with E-state index in [1.807, 2.05) is 17.0 Å². The average molecular weight is 441 g/mol. The summed E-state index contributed by atoms with van der Waals surface area (Å²) in [5.41, 5.74) is 2.77. The molecule has 0 spiro atoms. The molecule has 0 unspecified atom stereocenters. The predicted molar refractivity (Wildman–Crippen MR) is 124 cm³/mol. The highest BCUT2D eigenvalue weighted by atomic mass is 16.5. The fourth-order valence-corrected chi connectivity index (χ4v) is 4.09. The fraction of sp³-hybridized carbons (Fsp3) is 0.231. The maximum atomic E-state index is 13.3. The van der Waals surface area contributed by atoms with Crippen molar-refractivity contribution in [3.63, 3.8) is 0 Å². The number of carbonyl (C=O) groups excluding carboxylic acids is 1. The van der Waals surface area contributed by atoms with E-state index in [0.29, 0.717) is 37.6 Å². The third-order valence-electron chi connectivity index (χ3n) is 5.65. The van der Waals surface area contributed by atoms with Crippen molar-refractivity contribution in [2.24, 2.45) is 5.92 Å². The van der Waals surface area contributed by atoms with E-state index in [2.05, 4.69) is 33.2 Å². The van der Waals surface area contributed by atoms with Crippen LogP contribution >= 0.6 is 0 Å². The summed E-state index contributed by atoms with van der Waals surface area (Å²) in [6.45, 7) is 2.35. The van der Waals surface area contributed by atoms with Gasteiger partial charge in [0.2, 0.25) is 0 Å². The maximum absolute atomic E-state index is 13.3. The maximum Gasteiger partial charge on any atom is 0.321 e. The molecule has 0 saturated carbocycles. The Hall–Kier alpha value is -3.84. The first kappa shape index (κ1) is 21.0. The van der Waals surface area contributed by atoms with E-state index in [-0.39, 0.29) is 17.8 Å². The van der Waals surface area contributed by atoms with E-state index in [4.69, 9.17) is 9.47 Å². The van der Waals surface area contributed by atoms with Crippen LogP contribution in [-0.4, -0.2) is 52.1 Å². The minimum absolute atomic E-state index is 0.0346. The van der Waals surface area contributed by atoms with Gasteiger partial charge < -0.3 is 14.4 Å². The van der Waals surface area contributed by atoms with Gasteiger partial charge in [-0.2, -0.15) is 0 Å². The quantitative estimate of drug-likeness (QED) is 0.464. The normalized spacial score (nSPS) is 16.4. The van der Waals surface area contributed by atoms with E-state index in [1.54, 1.807) is 48.9 Å². The van der Waals surface area contributed by atoms with E-state index < -0.39 is 0 Å². The van der Waals surface area contributed by atoms with Crippen molar-refractivity contribution in [3.8, 4) is 11.8 Å². The molecule has 2 aromatic carbocycles. The van der Waals surface area contributed by atoms with Crippen LogP contribution in [0.2, 0.25) is 0 Å². The first-order chi connectivity index (χ1) is 16.2. The lowest BCUT2D eigenvalue weighted by Gasteiger charge is -2.24. The standard InChI is InChI=1S/C26H24N4O3/c31-25(22-4-1-6-23(16-22)33-26-28-10-3-11-29-26)30-12-13-32-18-20(17-30)14-19-7-8-24-21(15-19)5-2-9-27-24/h1-11,15-16,20H,12-14,17-18H2/t20-/m0/s1. The molecule has 4 aromatic rings. The van der Waals surface area contributed by atoms with Crippen LogP contribution in [-0.2, 0) is 11.2 Å². The Labute approximate surface area is 192 Å². The molecule has 0 radical (unpaired) electrons. The molecule has 1 aliphatic rings. The number of amides is 1. The first-order valence-corrected chi connectivity index (χ1v) is 11.0. The zero-order valence-corrected chi connectivity index (χ0v) is 18.1. The molecule has 1 amide bonds. The summed E-state index contributed by atoms with van der Waals surface area (Å²) >= 11 is 0. The third-order valence-corrected chi connectivity index (χ3v) is 5.65. The molecule has 0 bridgehead atoms.